The Morgan fingerprint density at radius 2 is 1.78 bits per heavy atom. The summed E-state index contributed by atoms with van der Waals surface area (Å²) in [6.07, 6.45) is 3.28. The van der Waals surface area contributed by atoms with Crippen LogP contribution in [0.4, 0.5) is 0 Å². The summed E-state index contributed by atoms with van der Waals surface area (Å²) in [6, 6.07) is 3.76. The molecule has 0 aliphatic carbocycles. The highest BCUT2D eigenvalue weighted by Crippen LogP contribution is 2.13. The molecule has 2 heteroatoms. The van der Waals surface area contributed by atoms with Gasteiger partial charge < -0.3 is 0 Å². The molecule has 0 amide bonds. The molecule has 0 aliphatic rings. The van der Waals surface area contributed by atoms with E-state index >= 15 is 0 Å². The van der Waals surface area contributed by atoms with Gasteiger partial charge in [0.15, 0.2) is 5.41 Å². The van der Waals surface area contributed by atoms with E-state index in [4.69, 9.17) is 10.5 Å². The number of rotatable bonds is 1. The molecule has 0 saturated carbocycles. The Labute approximate surface area is 55.0 Å². The van der Waals surface area contributed by atoms with Crippen LogP contribution in [0, 0.1) is 28.1 Å². The van der Waals surface area contributed by atoms with Gasteiger partial charge >= 0.3 is 0 Å². The molecule has 0 atom stereocenters. The molecule has 0 unspecified atom stereocenters. The predicted octanol–water partition coefficient (Wildman–Crippen LogP) is 1.62. The maximum atomic E-state index is 8.39. The fourth-order valence-electron chi connectivity index (χ4n) is 0.433. The molecule has 0 spiro atoms. The second-order valence-electron chi connectivity index (χ2n) is 1.93. The van der Waals surface area contributed by atoms with Crippen LogP contribution in [0.3, 0.4) is 0 Å². The number of nitriles is 2. The Hall–Kier alpha value is -1.28. The van der Waals surface area contributed by atoms with Gasteiger partial charge in [0, 0.05) is 0 Å². The zero-order valence-electron chi connectivity index (χ0n) is 5.55. The fourth-order valence-corrected chi connectivity index (χ4v) is 0.433. The third-order valence-corrected chi connectivity index (χ3v) is 0.965. The van der Waals surface area contributed by atoms with Crippen molar-refractivity contribution in [1.82, 2.24) is 0 Å². The van der Waals surface area contributed by atoms with Gasteiger partial charge in [0.05, 0.1) is 12.1 Å². The van der Waals surface area contributed by atoms with Crippen molar-refractivity contribution in [2.24, 2.45) is 5.41 Å². The van der Waals surface area contributed by atoms with Gasteiger partial charge in [-0.3, -0.25) is 0 Å². The van der Waals surface area contributed by atoms with Crippen molar-refractivity contribution in [2.75, 3.05) is 0 Å². The molecule has 46 valence electrons. The van der Waals surface area contributed by atoms with Crippen LogP contribution in [0.25, 0.3) is 0 Å². The largest absolute Gasteiger partial charge is 0.196 e. The fraction of sp³-hybridized carbons (Fsp3) is 0.429. The highest BCUT2D eigenvalue weighted by Gasteiger charge is 2.17. The zero-order valence-corrected chi connectivity index (χ0v) is 5.55. The molecule has 0 aromatic heterocycles. The first-order chi connectivity index (χ1) is 4.18. The zero-order chi connectivity index (χ0) is 7.33. The maximum absolute atomic E-state index is 8.39. The Morgan fingerprint density at radius 3 is 1.89 bits per heavy atom. The van der Waals surface area contributed by atoms with Crippen LogP contribution in [-0.4, -0.2) is 0 Å². The van der Waals surface area contributed by atoms with Gasteiger partial charge in [0.1, 0.15) is 0 Å². The average Bonchev–Trinajstić information content (AvgIpc) is 1.89. The van der Waals surface area contributed by atoms with E-state index in [0.717, 1.165) is 0 Å². The summed E-state index contributed by atoms with van der Waals surface area (Å²) in [6.45, 7) is 3.36. The third kappa shape index (κ3) is 1.97. The summed E-state index contributed by atoms with van der Waals surface area (Å²) in [4.78, 5) is 0. The first-order valence-corrected chi connectivity index (χ1v) is 2.65. The van der Waals surface area contributed by atoms with Crippen molar-refractivity contribution in [3.63, 3.8) is 0 Å². The van der Waals surface area contributed by atoms with Crippen LogP contribution >= 0.6 is 0 Å². The summed E-state index contributed by atoms with van der Waals surface area (Å²) in [7, 11) is 0. The van der Waals surface area contributed by atoms with Crippen LogP contribution < -0.4 is 0 Å². The number of hydrogen-bond donors (Lipinski definition) is 0. The Bertz CT molecular complexity index is 176. The van der Waals surface area contributed by atoms with Gasteiger partial charge in [0.25, 0.3) is 0 Å². The van der Waals surface area contributed by atoms with E-state index in [-0.39, 0.29) is 0 Å². The van der Waals surface area contributed by atoms with E-state index < -0.39 is 5.41 Å². The molecular formula is C7H8N2. The number of allylic oxidation sites excluding steroid dienone is 2. The quantitative estimate of drug-likeness (QED) is 0.493. The van der Waals surface area contributed by atoms with Crippen molar-refractivity contribution in [3.8, 4) is 12.1 Å². The average molecular weight is 120 g/mol. The molecule has 2 nitrogen and oxygen atoms in total. The van der Waals surface area contributed by atoms with Crippen molar-refractivity contribution in [1.29, 1.82) is 10.5 Å². The van der Waals surface area contributed by atoms with E-state index in [9.17, 15) is 0 Å². The minimum absolute atomic E-state index is 0.936. The summed E-state index contributed by atoms with van der Waals surface area (Å²) in [5, 5.41) is 16.8. The molecular weight excluding hydrogens is 112 g/mol. The minimum atomic E-state index is -0.936. The van der Waals surface area contributed by atoms with Gasteiger partial charge in [-0.2, -0.15) is 10.5 Å². The molecule has 0 N–H and O–H groups in total. The Balaban J connectivity index is 4.39. The van der Waals surface area contributed by atoms with Crippen molar-refractivity contribution < 1.29 is 0 Å². The summed E-state index contributed by atoms with van der Waals surface area (Å²) < 4.78 is 0. The van der Waals surface area contributed by atoms with Crippen LogP contribution in [0.15, 0.2) is 12.2 Å². The first-order valence-electron chi connectivity index (χ1n) is 2.65. The maximum Gasteiger partial charge on any atom is 0.159 e. The van der Waals surface area contributed by atoms with E-state index in [1.54, 1.807) is 26.0 Å². The molecule has 0 radical (unpaired) electrons. The normalized spacial score (nSPS) is 10.7. The van der Waals surface area contributed by atoms with Crippen molar-refractivity contribution in [2.45, 2.75) is 13.8 Å². The van der Waals surface area contributed by atoms with Crippen LogP contribution in [0.2, 0.25) is 0 Å². The van der Waals surface area contributed by atoms with Crippen molar-refractivity contribution >= 4 is 0 Å². The molecule has 0 aromatic carbocycles. The lowest BCUT2D eigenvalue weighted by Gasteiger charge is -2.01. The first kappa shape index (κ1) is 7.72. The van der Waals surface area contributed by atoms with Gasteiger partial charge in [-0.1, -0.05) is 12.2 Å². The lowest BCUT2D eigenvalue weighted by molar-refractivity contribution is 0.753. The smallest absolute Gasteiger partial charge is 0.159 e. The highest BCUT2D eigenvalue weighted by atomic mass is 14.4. The van der Waals surface area contributed by atoms with Gasteiger partial charge in [-0.15, -0.1) is 0 Å². The molecule has 0 aromatic rings. The number of nitrogens with zero attached hydrogens (tertiary/aromatic N) is 2. The molecule has 0 aliphatic heterocycles. The second kappa shape index (κ2) is 2.89. The van der Waals surface area contributed by atoms with E-state index in [1.807, 2.05) is 12.1 Å². The molecule has 0 rings (SSSR count). The molecule has 0 heterocycles. The van der Waals surface area contributed by atoms with Gasteiger partial charge in [0.2, 0.25) is 0 Å². The summed E-state index contributed by atoms with van der Waals surface area (Å²) in [5.74, 6) is 0. The van der Waals surface area contributed by atoms with E-state index in [1.165, 1.54) is 0 Å². The molecule has 9 heavy (non-hydrogen) atoms. The highest BCUT2D eigenvalue weighted by molar-refractivity contribution is 5.21. The van der Waals surface area contributed by atoms with Crippen molar-refractivity contribution in [3.05, 3.63) is 12.2 Å². The topological polar surface area (TPSA) is 47.6 Å². The SMILES string of the molecule is CC=CC(C)(C#N)C#N. The Morgan fingerprint density at radius 1 is 1.33 bits per heavy atom. The monoisotopic (exact) mass is 120 g/mol. The lowest BCUT2D eigenvalue weighted by atomic mass is 9.95. The van der Waals surface area contributed by atoms with E-state index in [0.29, 0.717) is 0 Å². The van der Waals surface area contributed by atoms with Crippen LogP contribution in [-0.2, 0) is 0 Å². The third-order valence-electron chi connectivity index (χ3n) is 0.965. The molecule has 0 bridgehead atoms. The standard InChI is InChI=1S/C7H8N2/c1-3-4-7(2,5-8)6-9/h3-4H,1-2H3. The minimum Gasteiger partial charge on any atom is -0.196 e. The predicted molar refractivity (Wildman–Crippen MR) is 34.1 cm³/mol. The van der Waals surface area contributed by atoms with E-state index in [2.05, 4.69) is 0 Å². The van der Waals surface area contributed by atoms with Crippen LogP contribution in [0.1, 0.15) is 13.8 Å². The number of hydrogen-bond acceptors (Lipinski definition) is 2. The van der Waals surface area contributed by atoms with Crippen LogP contribution in [0.5, 0.6) is 0 Å². The summed E-state index contributed by atoms with van der Waals surface area (Å²) in [5.41, 5.74) is -0.936. The molecule has 0 saturated heterocycles. The van der Waals surface area contributed by atoms with Gasteiger partial charge in [-0.05, 0) is 13.8 Å². The lowest BCUT2D eigenvalue weighted by Crippen LogP contribution is -2.04. The molecule has 0 fully saturated rings. The summed E-state index contributed by atoms with van der Waals surface area (Å²) >= 11 is 0. The second-order valence-corrected chi connectivity index (χ2v) is 1.93. The van der Waals surface area contributed by atoms with Gasteiger partial charge in [-0.25, -0.2) is 0 Å². The Kier molecular flexibility index (Phi) is 2.48.